The molecule has 2 aliphatic rings. The molecule has 0 bridgehead atoms. The number of carbonyl (C=O) groups is 2. The van der Waals surface area contributed by atoms with E-state index in [1.165, 1.54) is 51.1 Å². The van der Waals surface area contributed by atoms with Gasteiger partial charge in [0.05, 0.1) is 42.8 Å². The van der Waals surface area contributed by atoms with Crippen LogP contribution in [0.25, 0.3) is 12.2 Å². The molecule has 0 spiro atoms. The van der Waals surface area contributed by atoms with Gasteiger partial charge in [0.15, 0.2) is 0 Å². The minimum atomic E-state index is -3.60. The number of benzene rings is 2. The lowest BCUT2D eigenvalue weighted by molar-refractivity contribution is -0.142. The first-order valence-corrected chi connectivity index (χ1v) is 16.6. The number of esters is 1. The van der Waals surface area contributed by atoms with E-state index in [1.54, 1.807) is 37.3 Å². The van der Waals surface area contributed by atoms with E-state index in [4.69, 9.17) is 14.2 Å². The molecule has 2 fully saturated rings. The van der Waals surface area contributed by atoms with E-state index in [0.29, 0.717) is 63.7 Å². The predicted molar refractivity (Wildman–Crippen MR) is 159 cm³/mol. The molecule has 4 rings (SSSR count). The molecule has 2 aromatic carbocycles. The highest BCUT2D eigenvalue weighted by molar-refractivity contribution is 7.89. The van der Waals surface area contributed by atoms with Crippen LogP contribution in [-0.4, -0.2) is 103 Å². The predicted octanol–water partition coefficient (Wildman–Crippen LogP) is 1.50. The largest absolute Gasteiger partial charge is 0.458 e. The van der Waals surface area contributed by atoms with E-state index < -0.39 is 38.0 Å². The fourth-order valence-electron chi connectivity index (χ4n) is 4.29. The molecule has 2 saturated heterocycles. The van der Waals surface area contributed by atoms with Crippen LogP contribution in [0.2, 0.25) is 0 Å². The number of ether oxygens (including phenoxy) is 3. The van der Waals surface area contributed by atoms with Crippen molar-refractivity contribution in [1.82, 2.24) is 13.9 Å². The van der Waals surface area contributed by atoms with Gasteiger partial charge in [0.1, 0.15) is 6.10 Å². The molecule has 0 aromatic heterocycles. The van der Waals surface area contributed by atoms with Gasteiger partial charge < -0.3 is 19.5 Å². The van der Waals surface area contributed by atoms with E-state index in [2.05, 4.69) is 5.32 Å². The highest BCUT2D eigenvalue weighted by Gasteiger charge is 2.27. The number of sulfonamides is 2. The summed E-state index contributed by atoms with van der Waals surface area (Å²) < 4.78 is 69.4. The Hall–Kier alpha value is -3.40. The molecular weight excluding hydrogens is 598 g/mol. The number of nitrogens with zero attached hydrogens (tertiary/aromatic N) is 2. The molecule has 14 heteroatoms. The highest BCUT2D eigenvalue weighted by atomic mass is 32.2. The highest BCUT2D eigenvalue weighted by Crippen LogP contribution is 2.19. The van der Waals surface area contributed by atoms with E-state index in [9.17, 15) is 26.4 Å². The topological polar surface area (TPSA) is 149 Å². The molecule has 1 N–H and O–H groups in total. The maximum Gasteiger partial charge on any atom is 0.331 e. The monoisotopic (exact) mass is 633 g/mol. The Morgan fingerprint density at radius 1 is 0.767 bits per heavy atom. The standard InChI is InChI=1S/C29H35N3O9S2/c1-23(41-29(34)13-7-25-4-10-27(11-5-25)43(37,38)32-16-20-40-21-17-32)22-30-28(33)12-6-24-2-8-26(9-3-24)42(35,36)31-14-18-39-19-15-31/h2-13,23H,14-22H2,1H3,(H,30,33). The molecule has 2 aromatic rings. The van der Waals surface area contributed by atoms with Crippen molar-refractivity contribution in [2.24, 2.45) is 0 Å². The molecule has 1 amide bonds. The second-order valence-corrected chi connectivity index (χ2v) is 13.7. The van der Waals surface area contributed by atoms with Gasteiger partial charge in [-0.15, -0.1) is 0 Å². The van der Waals surface area contributed by atoms with E-state index in [-0.39, 0.29) is 16.3 Å². The van der Waals surface area contributed by atoms with Gasteiger partial charge in [-0.05, 0) is 54.5 Å². The Labute approximate surface area is 252 Å². The first-order chi connectivity index (χ1) is 20.6. The number of rotatable bonds is 11. The summed E-state index contributed by atoms with van der Waals surface area (Å²) in [6.07, 6.45) is 4.99. The van der Waals surface area contributed by atoms with Crippen molar-refractivity contribution < 1.29 is 40.6 Å². The fraction of sp³-hybridized carbons (Fsp3) is 0.379. The van der Waals surface area contributed by atoms with Crippen LogP contribution in [-0.2, 0) is 43.8 Å². The SMILES string of the molecule is CC(CNC(=O)C=Cc1ccc(S(=O)(=O)N2CCOCC2)cc1)OC(=O)C=Cc1ccc(S(=O)(=O)N2CCOCC2)cc1. The molecule has 1 unspecified atom stereocenters. The third-order valence-electron chi connectivity index (χ3n) is 6.70. The van der Waals surface area contributed by atoms with Gasteiger partial charge in [-0.1, -0.05) is 24.3 Å². The maximum absolute atomic E-state index is 12.7. The molecule has 2 aliphatic heterocycles. The summed E-state index contributed by atoms with van der Waals surface area (Å²) in [5.41, 5.74) is 1.27. The van der Waals surface area contributed by atoms with E-state index in [0.717, 1.165) is 0 Å². The third kappa shape index (κ3) is 9.05. The number of amides is 1. The van der Waals surface area contributed by atoms with Gasteiger partial charge in [-0.25, -0.2) is 21.6 Å². The van der Waals surface area contributed by atoms with Gasteiger partial charge >= 0.3 is 5.97 Å². The molecular formula is C29H35N3O9S2. The molecule has 12 nitrogen and oxygen atoms in total. The Kier molecular flexibility index (Phi) is 11.2. The average molecular weight is 634 g/mol. The molecule has 0 saturated carbocycles. The van der Waals surface area contributed by atoms with Gasteiger partial charge in [0.25, 0.3) is 0 Å². The quantitative estimate of drug-likeness (QED) is 0.287. The first-order valence-electron chi connectivity index (χ1n) is 13.8. The van der Waals surface area contributed by atoms with Crippen LogP contribution >= 0.6 is 0 Å². The van der Waals surface area contributed by atoms with Crippen LogP contribution in [0.5, 0.6) is 0 Å². The van der Waals surface area contributed by atoms with Crippen LogP contribution in [0.15, 0.2) is 70.5 Å². The molecule has 0 aliphatic carbocycles. The van der Waals surface area contributed by atoms with Crippen molar-refractivity contribution in [2.45, 2.75) is 22.8 Å². The third-order valence-corrected chi connectivity index (χ3v) is 10.5. The normalized spacial score (nSPS) is 18.1. The molecule has 232 valence electrons. The van der Waals surface area contributed by atoms with Crippen LogP contribution in [0, 0.1) is 0 Å². The summed E-state index contributed by atoms with van der Waals surface area (Å²) in [5.74, 6) is -1.02. The fourth-order valence-corrected chi connectivity index (χ4v) is 7.11. The number of morpholine rings is 2. The molecule has 43 heavy (non-hydrogen) atoms. The van der Waals surface area contributed by atoms with Gasteiger partial charge in [0, 0.05) is 38.3 Å². The van der Waals surface area contributed by atoms with Crippen molar-refractivity contribution in [2.75, 3.05) is 59.2 Å². The lowest BCUT2D eigenvalue weighted by Crippen LogP contribution is -2.40. The second kappa shape index (κ2) is 14.9. The van der Waals surface area contributed by atoms with Crippen LogP contribution in [0.4, 0.5) is 0 Å². The minimum absolute atomic E-state index is 0.0770. The zero-order chi connectivity index (χ0) is 30.9. The average Bonchev–Trinajstić information content (AvgIpc) is 3.03. The first kappa shape index (κ1) is 32.5. The van der Waals surface area contributed by atoms with Crippen LogP contribution in [0.3, 0.4) is 0 Å². The van der Waals surface area contributed by atoms with Crippen molar-refractivity contribution in [1.29, 1.82) is 0 Å². The summed E-state index contributed by atoms with van der Waals surface area (Å²) in [4.78, 5) is 24.8. The number of carbonyl (C=O) groups excluding carboxylic acids is 2. The number of hydrogen-bond donors (Lipinski definition) is 1. The van der Waals surface area contributed by atoms with Crippen LogP contribution < -0.4 is 5.32 Å². The zero-order valence-electron chi connectivity index (χ0n) is 23.8. The Morgan fingerprint density at radius 2 is 1.19 bits per heavy atom. The molecule has 2 heterocycles. The summed E-state index contributed by atoms with van der Waals surface area (Å²) in [7, 11) is -7.19. The smallest absolute Gasteiger partial charge is 0.331 e. The minimum Gasteiger partial charge on any atom is -0.458 e. The van der Waals surface area contributed by atoms with Crippen molar-refractivity contribution in [3.63, 3.8) is 0 Å². The van der Waals surface area contributed by atoms with Gasteiger partial charge in [0.2, 0.25) is 26.0 Å². The number of hydrogen-bond acceptors (Lipinski definition) is 9. The zero-order valence-corrected chi connectivity index (χ0v) is 25.4. The Balaban J connectivity index is 1.20. The summed E-state index contributed by atoms with van der Waals surface area (Å²) in [6, 6.07) is 12.4. The summed E-state index contributed by atoms with van der Waals surface area (Å²) in [6.45, 7) is 4.41. The second-order valence-electron chi connectivity index (χ2n) is 9.83. The lowest BCUT2D eigenvalue weighted by atomic mass is 10.2. The summed E-state index contributed by atoms with van der Waals surface area (Å²) >= 11 is 0. The van der Waals surface area contributed by atoms with Crippen molar-refractivity contribution in [3.05, 3.63) is 71.8 Å². The Bertz CT molecular complexity index is 1530. The van der Waals surface area contributed by atoms with E-state index >= 15 is 0 Å². The Morgan fingerprint density at radius 3 is 1.63 bits per heavy atom. The maximum atomic E-state index is 12.7. The molecule has 0 radical (unpaired) electrons. The van der Waals surface area contributed by atoms with Crippen molar-refractivity contribution in [3.8, 4) is 0 Å². The van der Waals surface area contributed by atoms with E-state index in [1.807, 2.05) is 0 Å². The van der Waals surface area contributed by atoms with Gasteiger partial charge in [-0.3, -0.25) is 4.79 Å². The van der Waals surface area contributed by atoms with Gasteiger partial charge in [-0.2, -0.15) is 8.61 Å². The number of nitrogens with one attached hydrogen (secondary N) is 1. The van der Waals surface area contributed by atoms with Crippen LogP contribution in [0.1, 0.15) is 18.1 Å². The summed E-state index contributed by atoms with van der Waals surface area (Å²) in [5, 5.41) is 2.65. The molecule has 1 atom stereocenters. The lowest BCUT2D eigenvalue weighted by Gasteiger charge is -2.26. The van der Waals surface area contributed by atoms with Crippen molar-refractivity contribution >= 4 is 44.1 Å².